The van der Waals surface area contributed by atoms with E-state index in [1.807, 2.05) is 59.7 Å². The Kier molecular flexibility index (Phi) is 7.44. The third-order valence-electron chi connectivity index (χ3n) is 4.70. The summed E-state index contributed by atoms with van der Waals surface area (Å²) in [5.74, 6) is 0.501. The van der Waals surface area contributed by atoms with E-state index in [-0.39, 0.29) is 24.2 Å². The first-order valence-electron chi connectivity index (χ1n) is 8.40. The second kappa shape index (κ2) is 9.34. The molecule has 2 atom stereocenters. The molecule has 3 rings (SSSR count). The van der Waals surface area contributed by atoms with Crippen molar-refractivity contribution in [3.63, 3.8) is 0 Å². The molecule has 0 bridgehead atoms. The topological polar surface area (TPSA) is 52.6 Å². The summed E-state index contributed by atoms with van der Waals surface area (Å²) >= 11 is 1.52. The van der Waals surface area contributed by atoms with Gasteiger partial charge in [-0.3, -0.25) is 4.79 Å². The minimum atomic E-state index is -0.635. The van der Waals surface area contributed by atoms with Crippen molar-refractivity contribution in [1.29, 1.82) is 0 Å². The number of benzene rings is 1. The largest absolute Gasteiger partial charge is 0.386 e. The van der Waals surface area contributed by atoms with E-state index in [0.29, 0.717) is 19.0 Å². The summed E-state index contributed by atoms with van der Waals surface area (Å²) in [5.41, 5.74) is 1.09. The molecule has 136 valence electrons. The molecule has 1 fully saturated rings. The van der Waals surface area contributed by atoms with E-state index in [4.69, 9.17) is 0 Å². The predicted molar refractivity (Wildman–Crippen MR) is 104 cm³/mol. The number of aliphatic hydroxyl groups is 1. The van der Waals surface area contributed by atoms with Gasteiger partial charge in [0.05, 0.1) is 6.54 Å². The van der Waals surface area contributed by atoms with Crippen molar-refractivity contribution in [1.82, 2.24) is 10.2 Å². The molecule has 1 aromatic carbocycles. The molecule has 1 saturated heterocycles. The molecule has 1 aliphatic rings. The van der Waals surface area contributed by atoms with Crippen molar-refractivity contribution < 1.29 is 9.90 Å². The number of nitrogens with one attached hydrogen (secondary N) is 1. The lowest BCUT2D eigenvalue weighted by molar-refractivity contribution is -0.139. The molecule has 0 radical (unpaired) electrons. The molecule has 2 aromatic rings. The molecule has 6 heteroatoms. The maximum atomic E-state index is 13.0. The number of nitrogens with zero attached hydrogens (tertiary/aromatic N) is 1. The minimum Gasteiger partial charge on any atom is -0.386 e. The Morgan fingerprint density at radius 2 is 2.00 bits per heavy atom. The number of rotatable bonds is 7. The van der Waals surface area contributed by atoms with Crippen LogP contribution in [0.15, 0.2) is 47.8 Å². The van der Waals surface area contributed by atoms with Gasteiger partial charge in [0.25, 0.3) is 0 Å². The summed E-state index contributed by atoms with van der Waals surface area (Å²) in [6, 6.07) is 13.8. The molecule has 1 aromatic heterocycles. The van der Waals surface area contributed by atoms with E-state index in [0.717, 1.165) is 23.5 Å². The molecular weight excluding hydrogens is 356 g/mol. The van der Waals surface area contributed by atoms with Gasteiger partial charge in [0, 0.05) is 17.3 Å². The summed E-state index contributed by atoms with van der Waals surface area (Å²) in [6.07, 6.45) is -0.635. The van der Waals surface area contributed by atoms with E-state index in [9.17, 15) is 9.90 Å². The fraction of sp³-hybridized carbons (Fsp3) is 0.421. The van der Waals surface area contributed by atoms with E-state index in [1.54, 1.807) is 0 Å². The zero-order valence-electron chi connectivity index (χ0n) is 14.3. The number of carbonyl (C=O) groups is 1. The third-order valence-corrected chi connectivity index (χ3v) is 5.68. The molecule has 2 N–H and O–H groups in total. The first-order valence-corrected chi connectivity index (χ1v) is 9.28. The van der Waals surface area contributed by atoms with Gasteiger partial charge in [-0.15, -0.1) is 23.7 Å². The Balaban J connectivity index is 0.00000225. The fourth-order valence-corrected chi connectivity index (χ4v) is 3.67. The summed E-state index contributed by atoms with van der Waals surface area (Å²) in [5, 5.41) is 15.7. The van der Waals surface area contributed by atoms with Crippen LogP contribution in [0.1, 0.15) is 23.5 Å². The molecule has 2 unspecified atom stereocenters. The Labute approximate surface area is 159 Å². The smallest absolute Gasteiger partial charge is 0.226 e. The third kappa shape index (κ3) is 5.05. The quantitative estimate of drug-likeness (QED) is 0.776. The van der Waals surface area contributed by atoms with E-state index >= 15 is 0 Å². The maximum Gasteiger partial charge on any atom is 0.226 e. The molecule has 1 aliphatic heterocycles. The van der Waals surface area contributed by atoms with Gasteiger partial charge in [-0.1, -0.05) is 43.3 Å². The number of hydrogen-bond donors (Lipinski definition) is 2. The van der Waals surface area contributed by atoms with Crippen LogP contribution in [-0.4, -0.2) is 35.5 Å². The van der Waals surface area contributed by atoms with Gasteiger partial charge in [-0.05, 0) is 36.0 Å². The van der Waals surface area contributed by atoms with Gasteiger partial charge in [-0.25, -0.2) is 0 Å². The number of carbonyl (C=O) groups excluding carboxylic acids is 1. The zero-order valence-corrected chi connectivity index (χ0v) is 15.9. The van der Waals surface area contributed by atoms with Crippen molar-refractivity contribution in [3.8, 4) is 0 Å². The van der Waals surface area contributed by atoms with Crippen LogP contribution in [0.5, 0.6) is 0 Å². The monoisotopic (exact) mass is 380 g/mol. The molecule has 4 nitrogen and oxygen atoms in total. The normalized spacial score (nSPS) is 16.4. The number of halogens is 1. The first-order chi connectivity index (χ1) is 11.6. The molecule has 2 heterocycles. The lowest BCUT2D eigenvalue weighted by atomic mass is 9.87. The van der Waals surface area contributed by atoms with Crippen molar-refractivity contribution in [2.45, 2.75) is 19.6 Å². The summed E-state index contributed by atoms with van der Waals surface area (Å²) < 4.78 is 0. The molecule has 0 aliphatic carbocycles. The van der Waals surface area contributed by atoms with Crippen LogP contribution < -0.4 is 5.32 Å². The molecule has 25 heavy (non-hydrogen) atoms. The van der Waals surface area contributed by atoms with Crippen LogP contribution in [0, 0.1) is 11.8 Å². The molecule has 0 spiro atoms. The number of hydrogen-bond acceptors (Lipinski definition) is 4. The average molecular weight is 381 g/mol. The Morgan fingerprint density at radius 3 is 2.56 bits per heavy atom. The SMILES string of the molecule is CC(C(=O)N(Cc1ccccc1)CC(O)c1cccs1)C1CNC1.Cl. The standard InChI is InChI=1S/C19H24N2O2S.ClH/c1-14(16-10-20-11-16)19(23)21(12-15-6-3-2-4-7-15)13-17(22)18-8-5-9-24-18;/h2-9,14,16-17,20,22H,10-13H2,1H3;1H. The Bertz CT molecular complexity index is 647. The molecular formula is C19H25ClN2O2S. The minimum absolute atomic E-state index is 0. The van der Waals surface area contributed by atoms with Crippen LogP contribution in [0.4, 0.5) is 0 Å². The summed E-state index contributed by atoms with van der Waals surface area (Å²) in [4.78, 5) is 15.7. The maximum absolute atomic E-state index is 13.0. The van der Waals surface area contributed by atoms with Gasteiger partial charge in [0.2, 0.25) is 5.91 Å². The Morgan fingerprint density at radius 1 is 1.28 bits per heavy atom. The highest BCUT2D eigenvalue weighted by molar-refractivity contribution is 7.10. The van der Waals surface area contributed by atoms with E-state index < -0.39 is 6.10 Å². The number of aliphatic hydroxyl groups excluding tert-OH is 1. The van der Waals surface area contributed by atoms with Gasteiger partial charge in [0.15, 0.2) is 0 Å². The van der Waals surface area contributed by atoms with Gasteiger partial charge < -0.3 is 15.3 Å². The van der Waals surface area contributed by atoms with Crippen molar-refractivity contribution in [2.75, 3.05) is 19.6 Å². The van der Waals surface area contributed by atoms with Crippen molar-refractivity contribution in [2.24, 2.45) is 11.8 Å². The highest BCUT2D eigenvalue weighted by Crippen LogP contribution is 2.24. The average Bonchev–Trinajstić information content (AvgIpc) is 3.07. The van der Waals surface area contributed by atoms with Crippen molar-refractivity contribution >= 4 is 29.7 Å². The second-order valence-electron chi connectivity index (χ2n) is 6.44. The van der Waals surface area contributed by atoms with Crippen LogP contribution in [0.3, 0.4) is 0 Å². The van der Waals surface area contributed by atoms with Gasteiger partial charge >= 0.3 is 0 Å². The van der Waals surface area contributed by atoms with Crippen LogP contribution in [0.2, 0.25) is 0 Å². The lowest BCUT2D eigenvalue weighted by Gasteiger charge is -2.35. The summed E-state index contributed by atoms with van der Waals surface area (Å²) in [7, 11) is 0. The van der Waals surface area contributed by atoms with Crippen LogP contribution in [0.25, 0.3) is 0 Å². The lowest BCUT2D eigenvalue weighted by Crippen LogP contribution is -2.50. The van der Waals surface area contributed by atoms with E-state index in [2.05, 4.69) is 5.32 Å². The molecule has 1 amide bonds. The van der Waals surface area contributed by atoms with Gasteiger partial charge in [-0.2, -0.15) is 0 Å². The molecule has 0 saturated carbocycles. The second-order valence-corrected chi connectivity index (χ2v) is 7.42. The van der Waals surface area contributed by atoms with Crippen LogP contribution in [-0.2, 0) is 11.3 Å². The Hall–Kier alpha value is -1.40. The van der Waals surface area contributed by atoms with Gasteiger partial charge in [0.1, 0.15) is 6.10 Å². The first kappa shape index (κ1) is 19.9. The van der Waals surface area contributed by atoms with Crippen molar-refractivity contribution in [3.05, 3.63) is 58.3 Å². The van der Waals surface area contributed by atoms with Crippen LogP contribution >= 0.6 is 23.7 Å². The zero-order chi connectivity index (χ0) is 16.9. The van der Waals surface area contributed by atoms with E-state index in [1.165, 1.54) is 11.3 Å². The number of amides is 1. The highest BCUT2D eigenvalue weighted by atomic mass is 35.5. The fourth-order valence-electron chi connectivity index (χ4n) is 2.97. The predicted octanol–water partition coefficient (Wildman–Crippen LogP) is 3.09. The highest BCUT2D eigenvalue weighted by Gasteiger charge is 2.32. The number of thiophene rings is 1. The summed E-state index contributed by atoms with van der Waals surface area (Å²) in [6.45, 7) is 4.67.